The van der Waals surface area contributed by atoms with Crippen molar-refractivity contribution in [2.45, 2.75) is 31.4 Å². The second kappa shape index (κ2) is 6.21. The van der Waals surface area contributed by atoms with Crippen LogP contribution in [0.15, 0.2) is 27.2 Å². The van der Waals surface area contributed by atoms with E-state index in [9.17, 15) is 4.39 Å². The molecule has 0 amide bonds. The fraction of sp³-hybridized carbons (Fsp3) is 0.429. The van der Waals surface area contributed by atoms with Crippen molar-refractivity contribution in [2.24, 2.45) is 5.73 Å². The molecule has 1 heterocycles. The maximum atomic E-state index is 13.8. The highest BCUT2D eigenvalue weighted by molar-refractivity contribution is 9.10. The fourth-order valence-corrected chi connectivity index (χ4v) is 2.34. The molecule has 0 aliphatic heterocycles. The second-order valence-electron chi connectivity index (χ2n) is 5.07. The molecule has 1 aliphatic rings. The molecule has 0 saturated heterocycles. The van der Waals surface area contributed by atoms with Crippen molar-refractivity contribution in [1.29, 1.82) is 0 Å². The summed E-state index contributed by atoms with van der Waals surface area (Å²) in [4.78, 5) is 4.15. The number of nitrogens with zero attached hydrogens (tertiary/aromatic N) is 2. The minimum Gasteiger partial charge on any atom is -0.376 e. The predicted octanol–water partition coefficient (Wildman–Crippen LogP) is 3.21. The number of hydrogen-bond acceptors (Lipinski definition) is 5. The molecule has 5 nitrogen and oxygen atoms in total. The van der Waals surface area contributed by atoms with Crippen molar-refractivity contribution >= 4 is 15.9 Å². The van der Waals surface area contributed by atoms with E-state index in [2.05, 4.69) is 26.1 Å². The van der Waals surface area contributed by atoms with Crippen molar-refractivity contribution in [3.05, 3.63) is 34.3 Å². The molecular formula is C14H15BrFN3O2. The van der Waals surface area contributed by atoms with Crippen LogP contribution in [0.25, 0.3) is 11.5 Å². The van der Waals surface area contributed by atoms with Crippen LogP contribution in [0, 0.1) is 5.82 Å². The number of aromatic nitrogens is 2. The summed E-state index contributed by atoms with van der Waals surface area (Å²) in [5.41, 5.74) is 6.22. The summed E-state index contributed by atoms with van der Waals surface area (Å²) in [7, 11) is 0. The Bertz CT molecular complexity index is 630. The van der Waals surface area contributed by atoms with Gasteiger partial charge in [0.05, 0.1) is 24.3 Å². The molecule has 2 N–H and O–H groups in total. The van der Waals surface area contributed by atoms with Gasteiger partial charge in [-0.25, -0.2) is 4.39 Å². The molecule has 1 saturated carbocycles. The summed E-state index contributed by atoms with van der Waals surface area (Å²) >= 11 is 3.20. The topological polar surface area (TPSA) is 74.2 Å². The highest BCUT2D eigenvalue weighted by atomic mass is 79.9. The van der Waals surface area contributed by atoms with Crippen molar-refractivity contribution < 1.29 is 13.7 Å². The van der Waals surface area contributed by atoms with Gasteiger partial charge in [0.25, 0.3) is 5.89 Å². The molecule has 1 aromatic carbocycles. The van der Waals surface area contributed by atoms with Crippen LogP contribution in [0.1, 0.15) is 31.1 Å². The quantitative estimate of drug-likeness (QED) is 0.891. The first-order valence-electron chi connectivity index (χ1n) is 6.79. The molecule has 0 bridgehead atoms. The van der Waals surface area contributed by atoms with E-state index in [1.165, 1.54) is 12.5 Å². The summed E-state index contributed by atoms with van der Waals surface area (Å²) in [6.07, 6.45) is 3.66. The Morgan fingerprint density at radius 3 is 2.95 bits per heavy atom. The van der Waals surface area contributed by atoms with E-state index >= 15 is 0 Å². The lowest BCUT2D eigenvalue weighted by molar-refractivity contribution is -0.00549. The Labute approximate surface area is 129 Å². The van der Waals surface area contributed by atoms with Gasteiger partial charge in [-0.1, -0.05) is 21.1 Å². The average Bonchev–Trinajstić information content (AvgIpc) is 2.86. The first-order chi connectivity index (χ1) is 10.1. The zero-order chi connectivity index (χ0) is 14.8. The van der Waals surface area contributed by atoms with Gasteiger partial charge in [0.1, 0.15) is 5.82 Å². The molecule has 1 aliphatic carbocycles. The third-order valence-electron chi connectivity index (χ3n) is 3.50. The van der Waals surface area contributed by atoms with Gasteiger partial charge in [-0.05, 0) is 37.5 Å². The zero-order valence-electron chi connectivity index (χ0n) is 11.3. The largest absolute Gasteiger partial charge is 0.376 e. The molecular weight excluding hydrogens is 341 g/mol. The Morgan fingerprint density at radius 1 is 1.48 bits per heavy atom. The zero-order valence-corrected chi connectivity index (χ0v) is 12.8. The van der Waals surface area contributed by atoms with Gasteiger partial charge in [-0.15, -0.1) is 0 Å². The van der Waals surface area contributed by atoms with Gasteiger partial charge in [0.15, 0.2) is 5.82 Å². The van der Waals surface area contributed by atoms with Gasteiger partial charge in [-0.3, -0.25) is 0 Å². The van der Waals surface area contributed by atoms with E-state index in [-0.39, 0.29) is 11.5 Å². The van der Waals surface area contributed by atoms with Crippen molar-refractivity contribution in [3.63, 3.8) is 0 Å². The Kier molecular flexibility index (Phi) is 4.32. The molecule has 112 valence electrons. The van der Waals surface area contributed by atoms with E-state index in [0.29, 0.717) is 23.0 Å². The minimum absolute atomic E-state index is 0.120. The molecule has 1 fully saturated rings. The molecule has 2 aromatic rings. The van der Waals surface area contributed by atoms with E-state index in [4.69, 9.17) is 15.0 Å². The molecule has 1 unspecified atom stereocenters. The minimum atomic E-state index is -0.471. The van der Waals surface area contributed by atoms with Crippen LogP contribution in [0.4, 0.5) is 4.39 Å². The van der Waals surface area contributed by atoms with Gasteiger partial charge >= 0.3 is 0 Å². The molecule has 0 spiro atoms. The van der Waals surface area contributed by atoms with Crippen LogP contribution < -0.4 is 5.73 Å². The van der Waals surface area contributed by atoms with Crippen LogP contribution in [0.3, 0.4) is 0 Å². The first-order valence-corrected chi connectivity index (χ1v) is 7.59. The van der Waals surface area contributed by atoms with Crippen LogP contribution in [-0.2, 0) is 4.74 Å². The normalized spacial score (nSPS) is 16.7. The average molecular weight is 356 g/mol. The monoisotopic (exact) mass is 355 g/mol. The van der Waals surface area contributed by atoms with Gasteiger partial charge in [0, 0.05) is 4.47 Å². The number of hydrogen-bond donors (Lipinski definition) is 1. The lowest BCUT2D eigenvalue weighted by Gasteiger charge is -2.26. The maximum absolute atomic E-state index is 13.8. The van der Waals surface area contributed by atoms with E-state index in [0.717, 1.165) is 12.8 Å². The Hall–Kier alpha value is -1.31. The van der Waals surface area contributed by atoms with E-state index in [1.54, 1.807) is 12.1 Å². The van der Waals surface area contributed by atoms with Crippen molar-refractivity contribution in [2.75, 3.05) is 6.61 Å². The standard InChI is InChI=1S/C14H15BrFN3O2/c15-8-4-5-10(11(16)6-8)14-18-13(19-21-14)12(17)7-20-9-2-1-3-9/h4-6,9,12H,1-3,7,17H2. The van der Waals surface area contributed by atoms with Crippen molar-refractivity contribution in [1.82, 2.24) is 10.1 Å². The molecule has 1 atom stereocenters. The summed E-state index contributed by atoms with van der Waals surface area (Å²) in [6, 6.07) is 4.16. The lowest BCUT2D eigenvalue weighted by atomic mass is 9.96. The molecule has 7 heteroatoms. The van der Waals surface area contributed by atoms with Crippen LogP contribution >= 0.6 is 15.9 Å². The Morgan fingerprint density at radius 2 is 2.29 bits per heavy atom. The summed E-state index contributed by atoms with van der Waals surface area (Å²) in [6.45, 7) is 0.340. The van der Waals surface area contributed by atoms with E-state index < -0.39 is 11.9 Å². The van der Waals surface area contributed by atoms with Gasteiger partial charge in [0.2, 0.25) is 0 Å². The van der Waals surface area contributed by atoms with Gasteiger partial charge < -0.3 is 15.0 Å². The highest BCUT2D eigenvalue weighted by Gasteiger charge is 2.22. The molecule has 1 aromatic heterocycles. The lowest BCUT2D eigenvalue weighted by Crippen LogP contribution is -2.27. The summed E-state index contributed by atoms with van der Waals surface area (Å²) in [5.74, 6) is 0.0135. The summed E-state index contributed by atoms with van der Waals surface area (Å²) < 4.78 is 25.2. The van der Waals surface area contributed by atoms with Crippen LogP contribution in [0.5, 0.6) is 0 Å². The Balaban J connectivity index is 1.69. The van der Waals surface area contributed by atoms with E-state index in [1.807, 2.05) is 0 Å². The van der Waals surface area contributed by atoms with Gasteiger partial charge in [-0.2, -0.15) is 4.98 Å². The third kappa shape index (κ3) is 3.30. The van der Waals surface area contributed by atoms with Crippen LogP contribution in [-0.4, -0.2) is 22.9 Å². The second-order valence-corrected chi connectivity index (χ2v) is 5.99. The number of rotatable bonds is 5. The number of nitrogens with two attached hydrogens (primary N) is 1. The SMILES string of the molecule is NC(COC1CCC1)c1noc(-c2ccc(Br)cc2F)n1. The number of ether oxygens (including phenoxy) is 1. The summed E-state index contributed by atoms with van der Waals surface area (Å²) in [5, 5.41) is 3.81. The molecule has 3 rings (SSSR count). The first kappa shape index (κ1) is 14.6. The fourth-order valence-electron chi connectivity index (χ4n) is 2.01. The number of benzene rings is 1. The predicted molar refractivity (Wildman–Crippen MR) is 77.9 cm³/mol. The maximum Gasteiger partial charge on any atom is 0.260 e. The smallest absolute Gasteiger partial charge is 0.260 e. The number of halogens is 2. The van der Waals surface area contributed by atoms with Crippen molar-refractivity contribution in [3.8, 4) is 11.5 Å². The van der Waals surface area contributed by atoms with Crippen LogP contribution in [0.2, 0.25) is 0 Å². The third-order valence-corrected chi connectivity index (χ3v) is 3.99. The molecule has 0 radical (unpaired) electrons. The molecule has 21 heavy (non-hydrogen) atoms. The highest BCUT2D eigenvalue weighted by Crippen LogP contribution is 2.26.